The Bertz CT molecular complexity index is 779. The van der Waals surface area contributed by atoms with E-state index < -0.39 is 0 Å². The number of hydrazone groups is 1. The summed E-state index contributed by atoms with van der Waals surface area (Å²) in [4.78, 5) is 23.6. The molecule has 0 saturated heterocycles. The second-order valence-electron chi connectivity index (χ2n) is 5.32. The predicted molar refractivity (Wildman–Crippen MR) is 103 cm³/mol. The number of halogens is 1. The maximum atomic E-state index is 11.8. The topological polar surface area (TPSA) is 79.8 Å². The standard InChI is InChI=1S/C19H20ClN3O3/c1-2-26-17-9-8-15(20)12-14(17)13-21-23-19(25)11-10-18(24)22-16-6-4-3-5-7-16/h3-9,12-13H,2,10-11H2,1H3,(H,22,24)(H,23,25). The van der Waals surface area contributed by atoms with E-state index in [-0.39, 0.29) is 24.7 Å². The Kier molecular flexibility index (Phi) is 7.64. The molecule has 0 aromatic heterocycles. The van der Waals surface area contributed by atoms with Crippen LogP contribution in [0.3, 0.4) is 0 Å². The second kappa shape index (κ2) is 10.2. The molecule has 0 radical (unpaired) electrons. The lowest BCUT2D eigenvalue weighted by atomic mass is 10.2. The van der Waals surface area contributed by atoms with Gasteiger partial charge in [-0.2, -0.15) is 5.10 Å². The number of carbonyl (C=O) groups excluding carboxylic acids is 2. The average Bonchev–Trinajstić information content (AvgIpc) is 2.63. The minimum Gasteiger partial charge on any atom is -0.493 e. The third-order valence-corrected chi connectivity index (χ3v) is 3.54. The highest BCUT2D eigenvalue weighted by atomic mass is 35.5. The molecule has 0 heterocycles. The molecule has 0 aliphatic carbocycles. The van der Waals surface area contributed by atoms with Crippen molar-refractivity contribution < 1.29 is 14.3 Å². The van der Waals surface area contributed by atoms with Gasteiger partial charge in [0.1, 0.15) is 5.75 Å². The van der Waals surface area contributed by atoms with E-state index in [1.54, 1.807) is 30.3 Å². The number of ether oxygens (including phenoxy) is 1. The van der Waals surface area contributed by atoms with Gasteiger partial charge in [-0.05, 0) is 37.3 Å². The van der Waals surface area contributed by atoms with E-state index in [1.165, 1.54) is 6.21 Å². The lowest BCUT2D eigenvalue weighted by Crippen LogP contribution is -2.20. The van der Waals surface area contributed by atoms with Crippen molar-refractivity contribution in [3.05, 3.63) is 59.1 Å². The van der Waals surface area contributed by atoms with Gasteiger partial charge in [-0.25, -0.2) is 5.43 Å². The Balaban J connectivity index is 1.80. The monoisotopic (exact) mass is 373 g/mol. The summed E-state index contributed by atoms with van der Waals surface area (Å²) in [5, 5.41) is 7.15. The van der Waals surface area contributed by atoms with Crippen LogP contribution < -0.4 is 15.5 Å². The third-order valence-electron chi connectivity index (χ3n) is 3.30. The molecule has 2 aromatic carbocycles. The third kappa shape index (κ3) is 6.57. The SMILES string of the molecule is CCOc1ccc(Cl)cc1C=NNC(=O)CCC(=O)Nc1ccccc1. The van der Waals surface area contributed by atoms with Crippen molar-refractivity contribution in [2.24, 2.45) is 5.10 Å². The molecule has 2 aromatic rings. The molecule has 0 aliphatic rings. The van der Waals surface area contributed by atoms with Gasteiger partial charge in [-0.1, -0.05) is 29.8 Å². The van der Waals surface area contributed by atoms with Crippen molar-refractivity contribution in [2.45, 2.75) is 19.8 Å². The van der Waals surface area contributed by atoms with Crippen molar-refractivity contribution >= 4 is 35.3 Å². The van der Waals surface area contributed by atoms with Gasteiger partial charge in [0, 0.05) is 29.1 Å². The zero-order chi connectivity index (χ0) is 18.8. The molecule has 0 unspecified atom stereocenters. The van der Waals surface area contributed by atoms with Gasteiger partial charge in [0.2, 0.25) is 11.8 Å². The first-order valence-corrected chi connectivity index (χ1v) is 8.55. The number of hydrogen-bond acceptors (Lipinski definition) is 4. The summed E-state index contributed by atoms with van der Waals surface area (Å²) >= 11 is 5.96. The highest BCUT2D eigenvalue weighted by Crippen LogP contribution is 2.21. The zero-order valence-electron chi connectivity index (χ0n) is 14.4. The van der Waals surface area contributed by atoms with Crippen LogP contribution in [0.15, 0.2) is 53.6 Å². The fraction of sp³-hybridized carbons (Fsp3) is 0.211. The minimum absolute atomic E-state index is 0.0316. The number of rotatable bonds is 8. The van der Waals surface area contributed by atoms with Gasteiger partial charge in [-0.3, -0.25) is 9.59 Å². The number of hydrogen-bond donors (Lipinski definition) is 2. The molecule has 2 rings (SSSR count). The van der Waals surface area contributed by atoms with Gasteiger partial charge < -0.3 is 10.1 Å². The summed E-state index contributed by atoms with van der Waals surface area (Å²) in [7, 11) is 0. The molecule has 0 aliphatic heterocycles. The van der Waals surface area contributed by atoms with Crippen LogP contribution in [0.25, 0.3) is 0 Å². The van der Waals surface area contributed by atoms with Crippen LogP contribution in [0, 0.1) is 0 Å². The van der Waals surface area contributed by atoms with Crippen molar-refractivity contribution in [1.82, 2.24) is 5.43 Å². The summed E-state index contributed by atoms with van der Waals surface area (Å²) in [5.41, 5.74) is 3.74. The second-order valence-corrected chi connectivity index (χ2v) is 5.76. The Morgan fingerprint density at radius 2 is 1.85 bits per heavy atom. The maximum absolute atomic E-state index is 11.8. The molecule has 7 heteroatoms. The smallest absolute Gasteiger partial charge is 0.240 e. The van der Waals surface area contributed by atoms with Crippen LogP contribution >= 0.6 is 11.6 Å². The van der Waals surface area contributed by atoms with Crippen molar-refractivity contribution in [3.63, 3.8) is 0 Å². The van der Waals surface area contributed by atoms with E-state index in [4.69, 9.17) is 16.3 Å². The van der Waals surface area contributed by atoms with Gasteiger partial charge in [0.25, 0.3) is 0 Å². The van der Waals surface area contributed by atoms with E-state index >= 15 is 0 Å². The van der Waals surface area contributed by atoms with Gasteiger partial charge in [-0.15, -0.1) is 0 Å². The Morgan fingerprint density at radius 3 is 2.58 bits per heavy atom. The number of nitrogens with one attached hydrogen (secondary N) is 2. The molecule has 0 atom stereocenters. The molecule has 2 N–H and O–H groups in total. The first-order valence-electron chi connectivity index (χ1n) is 8.17. The molecule has 0 fully saturated rings. The molecule has 0 saturated carbocycles. The summed E-state index contributed by atoms with van der Waals surface area (Å²) < 4.78 is 5.47. The average molecular weight is 374 g/mol. The minimum atomic E-state index is -0.357. The van der Waals surface area contributed by atoms with E-state index in [0.717, 1.165) is 0 Å². The molecule has 26 heavy (non-hydrogen) atoms. The molecule has 136 valence electrons. The van der Waals surface area contributed by atoms with Crippen molar-refractivity contribution in [2.75, 3.05) is 11.9 Å². The van der Waals surface area contributed by atoms with E-state index in [1.807, 2.05) is 25.1 Å². The lowest BCUT2D eigenvalue weighted by molar-refractivity contribution is -0.124. The molecule has 0 spiro atoms. The van der Waals surface area contributed by atoms with Crippen LogP contribution in [0.4, 0.5) is 5.69 Å². The van der Waals surface area contributed by atoms with Gasteiger partial charge >= 0.3 is 0 Å². The van der Waals surface area contributed by atoms with Crippen LogP contribution in [-0.4, -0.2) is 24.6 Å². The number of para-hydroxylation sites is 1. The lowest BCUT2D eigenvalue weighted by Gasteiger charge is -2.07. The quantitative estimate of drug-likeness (QED) is 0.548. The predicted octanol–water partition coefficient (Wildman–Crippen LogP) is 3.61. The van der Waals surface area contributed by atoms with Crippen LogP contribution in [0.1, 0.15) is 25.3 Å². The maximum Gasteiger partial charge on any atom is 0.240 e. The fourth-order valence-corrected chi connectivity index (χ4v) is 2.29. The van der Waals surface area contributed by atoms with E-state index in [9.17, 15) is 9.59 Å². The first-order chi connectivity index (χ1) is 12.6. The number of benzene rings is 2. The summed E-state index contributed by atoms with van der Waals surface area (Å²) in [5.74, 6) is 0.0328. The molecule has 0 bridgehead atoms. The Morgan fingerprint density at radius 1 is 1.12 bits per heavy atom. The number of amides is 2. The number of nitrogens with zero attached hydrogens (tertiary/aromatic N) is 1. The number of carbonyl (C=O) groups is 2. The van der Waals surface area contributed by atoms with E-state index in [2.05, 4.69) is 15.8 Å². The van der Waals surface area contributed by atoms with Gasteiger partial charge in [0.15, 0.2) is 0 Å². The van der Waals surface area contributed by atoms with E-state index in [0.29, 0.717) is 28.6 Å². The first kappa shape index (κ1) is 19.5. The summed E-state index contributed by atoms with van der Waals surface area (Å²) in [6, 6.07) is 14.2. The van der Waals surface area contributed by atoms with Gasteiger partial charge in [0.05, 0.1) is 12.8 Å². The van der Waals surface area contributed by atoms with Crippen LogP contribution in [-0.2, 0) is 9.59 Å². The summed E-state index contributed by atoms with van der Waals surface area (Å²) in [6.07, 6.45) is 1.56. The normalized spacial score (nSPS) is 10.5. The van der Waals surface area contributed by atoms with Crippen molar-refractivity contribution in [1.29, 1.82) is 0 Å². The molecular weight excluding hydrogens is 354 g/mol. The molecular formula is C19H20ClN3O3. The van der Waals surface area contributed by atoms with Crippen LogP contribution in [0.5, 0.6) is 5.75 Å². The summed E-state index contributed by atoms with van der Waals surface area (Å²) in [6.45, 7) is 2.38. The number of anilines is 1. The zero-order valence-corrected chi connectivity index (χ0v) is 15.1. The molecule has 6 nitrogen and oxygen atoms in total. The van der Waals surface area contributed by atoms with Crippen LogP contribution in [0.2, 0.25) is 5.02 Å². The Labute approximate surface area is 157 Å². The Hall–Kier alpha value is -2.86. The fourth-order valence-electron chi connectivity index (χ4n) is 2.11. The highest BCUT2D eigenvalue weighted by molar-refractivity contribution is 6.30. The molecule has 2 amide bonds. The van der Waals surface area contributed by atoms with Crippen molar-refractivity contribution in [3.8, 4) is 5.75 Å². The largest absolute Gasteiger partial charge is 0.493 e. The highest BCUT2D eigenvalue weighted by Gasteiger charge is 2.07.